The van der Waals surface area contributed by atoms with Crippen LogP contribution in [0.25, 0.3) is 0 Å². The molecule has 3 aliphatic carbocycles. The number of rotatable bonds is 11. The quantitative estimate of drug-likeness (QED) is 0.103. The van der Waals surface area contributed by atoms with Crippen LogP contribution < -0.4 is 19.5 Å². The highest BCUT2D eigenvalue weighted by Crippen LogP contribution is 2.59. The van der Waals surface area contributed by atoms with Gasteiger partial charge >= 0.3 is 6.03 Å². The minimum absolute atomic E-state index is 0.0528. The Kier molecular flexibility index (Phi) is 13.1. The number of ketones is 1. The van der Waals surface area contributed by atoms with Gasteiger partial charge in [0, 0.05) is 28.2 Å². The van der Waals surface area contributed by atoms with Crippen molar-refractivity contribution >= 4 is 11.8 Å². The largest absolute Gasteiger partial charge is 0.497 e. The van der Waals surface area contributed by atoms with Crippen molar-refractivity contribution in [1.82, 2.24) is 10.2 Å². The molecule has 0 aromatic heterocycles. The zero-order chi connectivity index (χ0) is 40.7. The molecule has 1 saturated carbocycles. The fraction of sp³-hybridized carbons (Fsp3) is 0.417. The lowest BCUT2D eigenvalue weighted by molar-refractivity contribution is -0.0781. The van der Waals surface area contributed by atoms with Crippen LogP contribution in [0.2, 0.25) is 0 Å². The predicted octanol–water partition coefficient (Wildman–Crippen LogP) is 8.95. The molecule has 0 aliphatic heterocycles. The number of carbonyl (C=O) groups is 2. The monoisotopic (exact) mass is 774 g/mol. The van der Waals surface area contributed by atoms with E-state index in [2.05, 4.69) is 25.2 Å². The minimum Gasteiger partial charge on any atom is -0.497 e. The zero-order valence-electron chi connectivity index (χ0n) is 34.2. The molecule has 0 saturated heterocycles. The number of methoxy groups -OCH3 is 3. The summed E-state index contributed by atoms with van der Waals surface area (Å²) in [7, 11) is 4.79. The summed E-state index contributed by atoms with van der Waals surface area (Å²) in [6.07, 6.45) is 5.82. The lowest BCUT2D eigenvalue weighted by Gasteiger charge is -2.46. The van der Waals surface area contributed by atoms with Gasteiger partial charge < -0.3 is 34.6 Å². The van der Waals surface area contributed by atoms with Crippen molar-refractivity contribution in [3.63, 3.8) is 0 Å². The van der Waals surface area contributed by atoms with Crippen molar-refractivity contribution in [2.75, 3.05) is 27.9 Å². The first-order chi connectivity index (χ1) is 27.4. The minimum atomic E-state index is -1.33. The summed E-state index contributed by atoms with van der Waals surface area (Å²) >= 11 is 0. The summed E-state index contributed by atoms with van der Waals surface area (Å²) in [5, 5.41) is 27.5. The number of carbonyl (C=O) groups excluding carboxylic acids is 2. The average molecular weight is 775 g/mol. The van der Waals surface area contributed by atoms with Gasteiger partial charge in [0.05, 0.1) is 52.2 Å². The van der Waals surface area contributed by atoms with Gasteiger partial charge in [-0.2, -0.15) is 0 Å². The van der Waals surface area contributed by atoms with E-state index in [1.54, 1.807) is 56.6 Å². The van der Waals surface area contributed by atoms with Gasteiger partial charge in [0.2, 0.25) is 0 Å². The molecular formula is C48H58N2O7. The van der Waals surface area contributed by atoms with E-state index in [4.69, 9.17) is 14.2 Å². The molecular weight excluding hydrogens is 717 g/mol. The van der Waals surface area contributed by atoms with Crippen LogP contribution in [0.5, 0.6) is 17.2 Å². The highest BCUT2D eigenvalue weighted by Gasteiger charge is 2.57. The third-order valence-corrected chi connectivity index (χ3v) is 12.5. The lowest BCUT2D eigenvalue weighted by Crippen LogP contribution is -2.55. The second-order valence-corrected chi connectivity index (χ2v) is 16.1. The van der Waals surface area contributed by atoms with Gasteiger partial charge in [0.25, 0.3) is 0 Å². The zero-order valence-corrected chi connectivity index (χ0v) is 34.2. The van der Waals surface area contributed by atoms with Crippen LogP contribution in [0.15, 0.2) is 103 Å². The molecule has 57 heavy (non-hydrogen) atoms. The van der Waals surface area contributed by atoms with Gasteiger partial charge in [-0.1, -0.05) is 61.0 Å². The summed E-state index contributed by atoms with van der Waals surface area (Å²) in [6, 6.07) is 27.9. The lowest BCUT2D eigenvalue weighted by atomic mass is 9.64. The molecule has 5 atom stereocenters. The number of allylic oxidation sites excluding steroid dienone is 2. The van der Waals surface area contributed by atoms with Crippen molar-refractivity contribution in [3.05, 3.63) is 136 Å². The number of hydrogen-bond acceptors (Lipinski definition) is 7. The van der Waals surface area contributed by atoms with E-state index < -0.39 is 17.1 Å². The van der Waals surface area contributed by atoms with Crippen LogP contribution in [0, 0.1) is 5.41 Å². The van der Waals surface area contributed by atoms with Crippen molar-refractivity contribution < 1.29 is 34.0 Å². The van der Waals surface area contributed by atoms with Crippen LogP contribution in [-0.2, 0) is 13.0 Å². The Labute approximate surface area is 337 Å². The number of aliphatic hydroxyl groups excluding tert-OH is 1. The maximum absolute atomic E-state index is 14.5. The third-order valence-electron chi connectivity index (χ3n) is 12.5. The normalized spacial score (nSPS) is 22.7. The summed E-state index contributed by atoms with van der Waals surface area (Å²) in [5.74, 6) is 1.55. The summed E-state index contributed by atoms with van der Waals surface area (Å²) in [5.41, 5.74) is 3.72. The van der Waals surface area contributed by atoms with Crippen LogP contribution in [0.4, 0.5) is 4.79 Å². The number of nitrogens with zero attached hydrogens (tertiary/aromatic N) is 1. The predicted molar refractivity (Wildman–Crippen MR) is 223 cm³/mol. The van der Waals surface area contributed by atoms with Crippen molar-refractivity contribution in [2.24, 2.45) is 5.41 Å². The molecule has 302 valence electrons. The standard InChI is InChI=1S/C48H58N2O7/c1-32-11-10-25-47(3)43(41-23-15-34(27-38(51)19-14-32)28-42(41)45(52)36-16-20-39(55-4)21-17-36)24-26-48(47,54)31-50(30-37-18-22-40(56-5)29-44(37)57-6)46(53)49-33(2)35-12-8-7-9-13-35/h7-9,11-13,15-18,20-23,28-29,33,38,43,51,54H,10,14,19,24-27,30-31H2,1-6H3,(H,49,53). The first-order valence-corrected chi connectivity index (χ1v) is 20.1. The number of nitrogens with one attached hydrogen (secondary N) is 1. The van der Waals surface area contributed by atoms with Gasteiger partial charge in [0.15, 0.2) is 5.78 Å². The number of urea groups is 1. The Morgan fingerprint density at radius 1 is 0.895 bits per heavy atom. The molecule has 0 heterocycles. The highest BCUT2D eigenvalue weighted by atomic mass is 16.5. The molecule has 2 bridgehead atoms. The summed E-state index contributed by atoms with van der Waals surface area (Å²) in [6.45, 7) is 6.42. The number of ether oxygens (including phenoxy) is 3. The van der Waals surface area contributed by atoms with E-state index >= 15 is 0 Å². The second kappa shape index (κ2) is 18.0. The molecule has 3 aliphatic rings. The van der Waals surface area contributed by atoms with Gasteiger partial charge in [0.1, 0.15) is 17.2 Å². The van der Waals surface area contributed by atoms with Gasteiger partial charge in [-0.15, -0.1) is 0 Å². The number of hydrogen-bond donors (Lipinski definition) is 3. The van der Waals surface area contributed by atoms with Crippen molar-refractivity contribution in [2.45, 2.75) is 95.9 Å². The highest BCUT2D eigenvalue weighted by molar-refractivity contribution is 6.10. The summed E-state index contributed by atoms with van der Waals surface area (Å²) < 4.78 is 16.6. The van der Waals surface area contributed by atoms with Gasteiger partial charge in [-0.3, -0.25) is 4.79 Å². The van der Waals surface area contributed by atoms with Crippen LogP contribution in [0.3, 0.4) is 0 Å². The number of fused-ring (bicyclic) bond motifs is 8. The molecule has 1 fully saturated rings. The maximum atomic E-state index is 14.5. The Morgan fingerprint density at radius 3 is 2.32 bits per heavy atom. The first-order valence-electron chi connectivity index (χ1n) is 20.1. The molecule has 9 nitrogen and oxygen atoms in total. The van der Waals surface area contributed by atoms with E-state index in [0.717, 1.165) is 28.7 Å². The molecule has 5 unspecified atom stereocenters. The molecule has 4 aromatic carbocycles. The molecule has 0 spiro atoms. The Hall–Kier alpha value is -5.12. The van der Waals surface area contributed by atoms with E-state index in [-0.39, 0.29) is 36.9 Å². The van der Waals surface area contributed by atoms with Crippen LogP contribution >= 0.6 is 0 Å². The number of benzene rings is 4. The van der Waals surface area contributed by atoms with Gasteiger partial charge in [-0.25, -0.2) is 4.79 Å². The molecule has 9 heteroatoms. The van der Waals surface area contributed by atoms with E-state index in [1.165, 1.54) is 5.57 Å². The van der Waals surface area contributed by atoms with E-state index in [1.807, 2.05) is 67.6 Å². The average Bonchev–Trinajstić information content (AvgIpc) is 3.48. The Balaban J connectivity index is 1.42. The smallest absolute Gasteiger partial charge is 0.318 e. The molecule has 4 aromatic rings. The van der Waals surface area contributed by atoms with Crippen molar-refractivity contribution in [3.8, 4) is 17.2 Å². The number of amides is 2. The fourth-order valence-corrected chi connectivity index (χ4v) is 8.90. The molecule has 2 amide bonds. The number of aliphatic hydroxyl groups is 2. The topological polar surface area (TPSA) is 118 Å². The van der Waals surface area contributed by atoms with Crippen LogP contribution in [0.1, 0.15) is 109 Å². The van der Waals surface area contributed by atoms with Crippen molar-refractivity contribution in [1.29, 1.82) is 0 Å². The fourth-order valence-electron chi connectivity index (χ4n) is 8.90. The third kappa shape index (κ3) is 9.21. The van der Waals surface area contributed by atoms with E-state index in [9.17, 15) is 19.8 Å². The van der Waals surface area contributed by atoms with Crippen LogP contribution in [-0.4, -0.2) is 66.5 Å². The second-order valence-electron chi connectivity index (χ2n) is 16.1. The Bertz CT molecular complexity index is 2050. The molecule has 7 rings (SSSR count). The molecule has 0 radical (unpaired) electrons. The SMILES string of the molecule is COc1ccc(C(=O)c2cc3ccc2C2CCC(O)(CN(Cc4ccc(OC)cc4OC)C(=O)NC(C)c4ccccc4)C2(C)CCC=C(C)CCC(O)C3)cc1. The molecule has 3 N–H and O–H groups in total. The summed E-state index contributed by atoms with van der Waals surface area (Å²) in [4.78, 5) is 30.7. The van der Waals surface area contributed by atoms with E-state index in [0.29, 0.717) is 66.9 Å². The maximum Gasteiger partial charge on any atom is 0.318 e. The van der Waals surface area contributed by atoms with Gasteiger partial charge in [-0.05, 0) is 124 Å². The first kappa shape index (κ1) is 41.5. The Morgan fingerprint density at radius 2 is 1.61 bits per heavy atom.